The van der Waals surface area contributed by atoms with Crippen LogP contribution >= 0.6 is 0 Å². The van der Waals surface area contributed by atoms with Crippen molar-refractivity contribution in [3.63, 3.8) is 0 Å². The lowest BCUT2D eigenvalue weighted by Crippen LogP contribution is -2.18. The first-order valence-corrected chi connectivity index (χ1v) is 14.4. The molecule has 0 atom stereocenters. The van der Waals surface area contributed by atoms with Gasteiger partial charge in [0, 0.05) is 22.1 Å². The van der Waals surface area contributed by atoms with Crippen LogP contribution in [0, 0.1) is 0 Å². The molecular weight excluding hydrogens is 528 g/mol. The standard InChI is InChI=1S/C38H24N4O/c43-37-36-34(41(27-13-5-2-6-14-27)38-39-30-16-8-10-18-32(30)42(37)38)24-23-33-35(36)29-15-7-9-17-31(29)40(33)28-21-19-26(20-22-28)25-11-3-1-4-12-25/h1-24H. The Labute approximate surface area is 246 Å². The quantitative estimate of drug-likeness (QED) is 0.220. The molecule has 5 heteroatoms. The molecule has 9 rings (SSSR count). The monoisotopic (exact) mass is 552 g/mol. The Kier molecular flexibility index (Phi) is 4.98. The normalized spacial score (nSPS) is 11.8. The fourth-order valence-electron chi connectivity index (χ4n) is 6.58. The molecule has 9 aromatic rings. The molecule has 0 spiro atoms. The summed E-state index contributed by atoms with van der Waals surface area (Å²) < 4.78 is 6.14. The van der Waals surface area contributed by atoms with Crippen LogP contribution in [0.1, 0.15) is 0 Å². The Morgan fingerprint density at radius 2 is 1.02 bits per heavy atom. The van der Waals surface area contributed by atoms with Crippen LogP contribution in [0.2, 0.25) is 0 Å². The molecule has 5 nitrogen and oxygen atoms in total. The van der Waals surface area contributed by atoms with E-state index in [1.165, 1.54) is 5.56 Å². The van der Waals surface area contributed by atoms with Crippen molar-refractivity contribution in [1.29, 1.82) is 0 Å². The largest absolute Gasteiger partial charge is 0.309 e. The van der Waals surface area contributed by atoms with E-state index < -0.39 is 0 Å². The van der Waals surface area contributed by atoms with E-state index in [-0.39, 0.29) is 5.56 Å². The van der Waals surface area contributed by atoms with E-state index in [1.807, 2.05) is 54.6 Å². The Morgan fingerprint density at radius 3 is 1.79 bits per heavy atom. The number of imidazole rings is 1. The van der Waals surface area contributed by atoms with Gasteiger partial charge in [-0.3, -0.25) is 9.36 Å². The minimum atomic E-state index is -0.0705. The highest BCUT2D eigenvalue weighted by Crippen LogP contribution is 2.37. The molecule has 0 aliphatic rings. The van der Waals surface area contributed by atoms with Gasteiger partial charge in [0.05, 0.1) is 33.0 Å². The van der Waals surface area contributed by atoms with Gasteiger partial charge in [0.15, 0.2) is 0 Å². The maximum atomic E-state index is 14.7. The fourth-order valence-corrected chi connectivity index (χ4v) is 6.58. The number of aromatic nitrogens is 4. The van der Waals surface area contributed by atoms with Crippen molar-refractivity contribution in [2.45, 2.75) is 0 Å². The average Bonchev–Trinajstić information content (AvgIpc) is 3.62. The van der Waals surface area contributed by atoms with Gasteiger partial charge in [0.1, 0.15) is 0 Å². The summed E-state index contributed by atoms with van der Waals surface area (Å²) in [4.78, 5) is 19.6. The Balaban J connectivity index is 1.43. The summed E-state index contributed by atoms with van der Waals surface area (Å²) >= 11 is 0. The van der Waals surface area contributed by atoms with Gasteiger partial charge in [0.25, 0.3) is 5.56 Å². The van der Waals surface area contributed by atoms with Gasteiger partial charge in [0.2, 0.25) is 5.78 Å². The summed E-state index contributed by atoms with van der Waals surface area (Å²) in [6.07, 6.45) is 0. The van der Waals surface area contributed by atoms with Gasteiger partial charge in [-0.15, -0.1) is 0 Å². The number of rotatable bonds is 3. The first-order valence-electron chi connectivity index (χ1n) is 14.4. The van der Waals surface area contributed by atoms with Crippen LogP contribution in [0.5, 0.6) is 0 Å². The topological polar surface area (TPSA) is 44.2 Å². The van der Waals surface area contributed by atoms with Crippen molar-refractivity contribution in [3.05, 3.63) is 156 Å². The summed E-state index contributed by atoms with van der Waals surface area (Å²) in [5.74, 6) is 0.601. The highest BCUT2D eigenvalue weighted by Gasteiger charge is 2.22. The van der Waals surface area contributed by atoms with Crippen molar-refractivity contribution in [2.75, 3.05) is 0 Å². The fraction of sp³-hybridized carbons (Fsp3) is 0. The maximum absolute atomic E-state index is 14.7. The summed E-state index contributed by atoms with van der Waals surface area (Å²) in [5.41, 5.74) is 8.72. The lowest BCUT2D eigenvalue weighted by molar-refractivity contribution is 1.02. The zero-order chi connectivity index (χ0) is 28.5. The molecule has 202 valence electrons. The summed E-state index contributed by atoms with van der Waals surface area (Å²) in [5, 5.41) is 2.65. The Hall–Kier alpha value is -5.94. The molecule has 6 aromatic carbocycles. The number of hydrogen-bond donors (Lipinski definition) is 0. The van der Waals surface area contributed by atoms with Crippen LogP contribution in [-0.4, -0.2) is 18.5 Å². The van der Waals surface area contributed by atoms with Gasteiger partial charge in [-0.25, -0.2) is 9.38 Å². The molecule has 0 fully saturated rings. The molecule has 0 saturated heterocycles. The van der Waals surface area contributed by atoms with Crippen LogP contribution in [-0.2, 0) is 0 Å². The highest BCUT2D eigenvalue weighted by atomic mass is 16.1. The van der Waals surface area contributed by atoms with Crippen molar-refractivity contribution >= 4 is 49.5 Å². The molecule has 0 aliphatic heterocycles. The minimum Gasteiger partial charge on any atom is -0.309 e. The van der Waals surface area contributed by atoms with Gasteiger partial charge in [-0.1, -0.05) is 91.0 Å². The third kappa shape index (κ3) is 3.39. The minimum absolute atomic E-state index is 0.0705. The van der Waals surface area contributed by atoms with Crippen molar-refractivity contribution < 1.29 is 0 Å². The predicted octanol–water partition coefficient (Wildman–Crippen LogP) is 8.56. The molecule has 0 saturated carbocycles. The summed E-state index contributed by atoms with van der Waals surface area (Å²) in [6.45, 7) is 0. The second-order valence-electron chi connectivity index (χ2n) is 10.8. The van der Waals surface area contributed by atoms with Gasteiger partial charge >= 0.3 is 0 Å². The number of fused-ring (bicyclic) bond motifs is 8. The van der Waals surface area contributed by atoms with E-state index in [0.29, 0.717) is 11.2 Å². The zero-order valence-corrected chi connectivity index (χ0v) is 23.1. The van der Waals surface area contributed by atoms with Crippen molar-refractivity contribution in [2.24, 2.45) is 0 Å². The van der Waals surface area contributed by atoms with Crippen molar-refractivity contribution in [1.82, 2.24) is 18.5 Å². The van der Waals surface area contributed by atoms with Gasteiger partial charge in [-0.2, -0.15) is 0 Å². The summed E-state index contributed by atoms with van der Waals surface area (Å²) in [6, 6.07) is 49.6. The number of benzene rings is 6. The molecule has 0 unspecified atom stereocenters. The van der Waals surface area contributed by atoms with E-state index in [2.05, 4.69) is 100 Å². The Bertz CT molecular complexity index is 2560. The molecule has 3 aromatic heterocycles. The zero-order valence-electron chi connectivity index (χ0n) is 23.1. The molecule has 0 radical (unpaired) electrons. The molecule has 0 aliphatic carbocycles. The van der Waals surface area contributed by atoms with E-state index in [9.17, 15) is 4.79 Å². The number of nitrogens with zero attached hydrogens (tertiary/aromatic N) is 4. The third-order valence-corrected chi connectivity index (χ3v) is 8.46. The average molecular weight is 553 g/mol. The molecule has 3 heterocycles. The molecule has 0 bridgehead atoms. The second-order valence-corrected chi connectivity index (χ2v) is 10.8. The smallest absolute Gasteiger partial charge is 0.268 e. The highest BCUT2D eigenvalue weighted by molar-refractivity contribution is 6.21. The van der Waals surface area contributed by atoms with E-state index in [1.54, 1.807) is 4.40 Å². The number of hydrogen-bond acceptors (Lipinski definition) is 2. The molecular formula is C38H24N4O. The van der Waals surface area contributed by atoms with Crippen LogP contribution in [0.25, 0.3) is 72.0 Å². The lowest BCUT2D eigenvalue weighted by atomic mass is 10.1. The van der Waals surface area contributed by atoms with Crippen LogP contribution in [0.15, 0.2) is 150 Å². The van der Waals surface area contributed by atoms with Crippen LogP contribution in [0.3, 0.4) is 0 Å². The SMILES string of the molecule is O=c1c2c3c4ccccc4n(-c4ccc(-c5ccccc5)cc4)c3ccc2n(-c2ccccc2)c2nc3ccccc3n12. The van der Waals surface area contributed by atoms with Gasteiger partial charge in [-0.05, 0) is 65.7 Å². The first kappa shape index (κ1) is 23.7. The predicted molar refractivity (Wildman–Crippen MR) is 176 cm³/mol. The molecule has 0 N–H and O–H groups in total. The van der Waals surface area contributed by atoms with Crippen molar-refractivity contribution in [3.8, 4) is 22.5 Å². The van der Waals surface area contributed by atoms with Crippen LogP contribution < -0.4 is 5.56 Å². The van der Waals surface area contributed by atoms with E-state index in [0.717, 1.165) is 55.3 Å². The number of para-hydroxylation sites is 4. The lowest BCUT2D eigenvalue weighted by Gasteiger charge is -2.14. The first-order chi connectivity index (χ1) is 21.3. The maximum Gasteiger partial charge on any atom is 0.268 e. The molecule has 0 amide bonds. The Morgan fingerprint density at radius 1 is 0.442 bits per heavy atom. The van der Waals surface area contributed by atoms with E-state index in [4.69, 9.17) is 4.98 Å². The van der Waals surface area contributed by atoms with Crippen LogP contribution in [0.4, 0.5) is 0 Å². The summed E-state index contributed by atoms with van der Waals surface area (Å²) in [7, 11) is 0. The molecule has 43 heavy (non-hydrogen) atoms. The second kappa shape index (κ2) is 9.03. The third-order valence-electron chi connectivity index (χ3n) is 8.46. The van der Waals surface area contributed by atoms with Gasteiger partial charge < -0.3 is 4.57 Å². The van der Waals surface area contributed by atoms with E-state index >= 15 is 0 Å².